The van der Waals surface area contributed by atoms with E-state index in [1.165, 1.54) is 0 Å². The van der Waals surface area contributed by atoms with Gasteiger partial charge in [-0.2, -0.15) is 0 Å². The van der Waals surface area contributed by atoms with Crippen LogP contribution in [0.5, 0.6) is 5.75 Å². The number of carbonyl (C=O) groups is 2. The molecule has 2 aromatic carbocycles. The standard InChI is InChI=1S/C23H29N3O4/c1-17-5-3-4-6-20(17)23(28)25-16-22(27)24-15-21(26-11-13-30-14-12-26)18-7-9-19(29-2)10-8-18/h3-10,21H,11-16H2,1-2H3,(H,24,27)(H,25,28). The normalized spacial score (nSPS) is 15.3. The smallest absolute Gasteiger partial charge is 0.251 e. The third-order valence-electron chi connectivity index (χ3n) is 5.28. The highest BCUT2D eigenvalue weighted by Gasteiger charge is 2.23. The summed E-state index contributed by atoms with van der Waals surface area (Å²) in [5.41, 5.74) is 2.55. The molecule has 7 nitrogen and oxygen atoms in total. The van der Waals surface area contributed by atoms with E-state index in [0.29, 0.717) is 25.3 Å². The molecule has 1 fully saturated rings. The Morgan fingerprint density at radius 1 is 1.07 bits per heavy atom. The number of hydrogen-bond donors (Lipinski definition) is 2. The highest BCUT2D eigenvalue weighted by atomic mass is 16.5. The highest BCUT2D eigenvalue weighted by molar-refractivity contribution is 5.97. The molecule has 1 saturated heterocycles. The monoisotopic (exact) mass is 411 g/mol. The third kappa shape index (κ3) is 5.81. The van der Waals surface area contributed by atoms with Crippen LogP contribution in [0.25, 0.3) is 0 Å². The summed E-state index contributed by atoms with van der Waals surface area (Å²) in [7, 11) is 1.64. The minimum Gasteiger partial charge on any atom is -0.497 e. The maximum absolute atomic E-state index is 12.4. The number of ether oxygens (including phenoxy) is 2. The quantitative estimate of drug-likeness (QED) is 0.694. The first-order valence-electron chi connectivity index (χ1n) is 10.1. The van der Waals surface area contributed by atoms with Gasteiger partial charge in [0.1, 0.15) is 5.75 Å². The Labute approximate surface area is 177 Å². The predicted molar refractivity (Wildman–Crippen MR) is 115 cm³/mol. The number of nitrogens with one attached hydrogen (secondary N) is 2. The molecule has 1 aliphatic rings. The summed E-state index contributed by atoms with van der Waals surface area (Å²) in [5.74, 6) is 0.328. The molecule has 0 saturated carbocycles. The van der Waals surface area contributed by atoms with Crippen LogP contribution in [0.1, 0.15) is 27.5 Å². The average Bonchev–Trinajstić information content (AvgIpc) is 2.79. The van der Waals surface area contributed by atoms with Gasteiger partial charge in [-0.1, -0.05) is 30.3 Å². The van der Waals surface area contributed by atoms with Crippen LogP contribution >= 0.6 is 0 Å². The van der Waals surface area contributed by atoms with Crippen molar-refractivity contribution >= 4 is 11.8 Å². The number of methoxy groups -OCH3 is 1. The molecule has 0 radical (unpaired) electrons. The summed E-state index contributed by atoms with van der Waals surface area (Å²) < 4.78 is 10.7. The van der Waals surface area contributed by atoms with E-state index in [-0.39, 0.29) is 24.4 Å². The Morgan fingerprint density at radius 2 is 1.77 bits per heavy atom. The van der Waals surface area contributed by atoms with Gasteiger partial charge in [-0.3, -0.25) is 14.5 Å². The molecule has 1 atom stereocenters. The number of nitrogens with zero attached hydrogens (tertiary/aromatic N) is 1. The second-order valence-electron chi connectivity index (χ2n) is 7.24. The number of hydrogen-bond acceptors (Lipinski definition) is 5. The second kappa shape index (κ2) is 10.8. The molecule has 2 N–H and O–H groups in total. The molecule has 3 rings (SSSR count). The van der Waals surface area contributed by atoms with Crippen LogP contribution in [-0.2, 0) is 9.53 Å². The van der Waals surface area contributed by atoms with Crippen molar-refractivity contribution in [1.82, 2.24) is 15.5 Å². The van der Waals surface area contributed by atoms with Crippen LogP contribution < -0.4 is 15.4 Å². The number of rotatable bonds is 8. The van der Waals surface area contributed by atoms with Crippen molar-refractivity contribution in [1.29, 1.82) is 0 Å². The summed E-state index contributed by atoms with van der Waals surface area (Å²) in [6, 6.07) is 15.2. The summed E-state index contributed by atoms with van der Waals surface area (Å²) in [4.78, 5) is 27.0. The highest BCUT2D eigenvalue weighted by Crippen LogP contribution is 2.23. The van der Waals surface area contributed by atoms with Gasteiger partial charge in [-0.15, -0.1) is 0 Å². The lowest BCUT2D eigenvalue weighted by atomic mass is 10.0. The lowest BCUT2D eigenvalue weighted by molar-refractivity contribution is -0.120. The predicted octanol–water partition coefficient (Wildman–Crippen LogP) is 1.92. The summed E-state index contributed by atoms with van der Waals surface area (Å²) >= 11 is 0. The van der Waals surface area contributed by atoms with Gasteiger partial charge in [-0.25, -0.2) is 0 Å². The molecular formula is C23H29N3O4. The van der Waals surface area contributed by atoms with Crippen molar-refractivity contribution in [3.05, 3.63) is 65.2 Å². The summed E-state index contributed by atoms with van der Waals surface area (Å²) in [6.45, 7) is 5.21. The minimum atomic E-state index is -0.247. The van der Waals surface area contributed by atoms with E-state index in [1.54, 1.807) is 13.2 Å². The summed E-state index contributed by atoms with van der Waals surface area (Å²) in [5, 5.41) is 5.66. The fraction of sp³-hybridized carbons (Fsp3) is 0.391. The molecular weight excluding hydrogens is 382 g/mol. The van der Waals surface area contributed by atoms with E-state index in [0.717, 1.165) is 30.0 Å². The third-order valence-corrected chi connectivity index (χ3v) is 5.28. The Hall–Kier alpha value is -2.90. The van der Waals surface area contributed by atoms with Crippen molar-refractivity contribution in [2.75, 3.05) is 46.5 Å². The van der Waals surface area contributed by atoms with Crippen molar-refractivity contribution in [3.8, 4) is 5.75 Å². The fourth-order valence-electron chi connectivity index (χ4n) is 3.53. The molecule has 0 bridgehead atoms. The fourth-order valence-corrected chi connectivity index (χ4v) is 3.53. The molecule has 1 aliphatic heterocycles. The number of carbonyl (C=O) groups excluding carboxylic acids is 2. The number of amides is 2. The molecule has 0 aromatic heterocycles. The molecule has 2 amide bonds. The number of aryl methyl sites for hydroxylation is 1. The first-order valence-corrected chi connectivity index (χ1v) is 10.1. The van der Waals surface area contributed by atoms with E-state index in [9.17, 15) is 9.59 Å². The second-order valence-corrected chi connectivity index (χ2v) is 7.24. The number of benzene rings is 2. The Kier molecular flexibility index (Phi) is 7.82. The van der Waals surface area contributed by atoms with Crippen LogP contribution in [0.15, 0.2) is 48.5 Å². The average molecular weight is 412 g/mol. The zero-order valence-corrected chi connectivity index (χ0v) is 17.5. The van der Waals surface area contributed by atoms with Crippen molar-refractivity contribution in [2.24, 2.45) is 0 Å². The Bertz CT molecular complexity index is 848. The van der Waals surface area contributed by atoms with E-state index in [2.05, 4.69) is 15.5 Å². The van der Waals surface area contributed by atoms with Crippen molar-refractivity contribution in [3.63, 3.8) is 0 Å². The van der Waals surface area contributed by atoms with Gasteiger partial charge in [0.2, 0.25) is 5.91 Å². The lowest BCUT2D eigenvalue weighted by Crippen LogP contribution is -2.45. The zero-order valence-electron chi connectivity index (χ0n) is 17.5. The van der Waals surface area contributed by atoms with E-state index in [4.69, 9.17) is 9.47 Å². The maximum Gasteiger partial charge on any atom is 0.251 e. The minimum absolute atomic E-state index is 0.0239. The Morgan fingerprint density at radius 3 is 2.43 bits per heavy atom. The first-order chi connectivity index (χ1) is 14.6. The van der Waals surface area contributed by atoms with Crippen LogP contribution in [-0.4, -0.2) is 63.2 Å². The van der Waals surface area contributed by atoms with Gasteiger partial charge in [0, 0.05) is 25.2 Å². The topological polar surface area (TPSA) is 79.9 Å². The van der Waals surface area contributed by atoms with Crippen LogP contribution in [0.4, 0.5) is 0 Å². The van der Waals surface area contributed by atoms with Gasteiger partial charge in [0.05, 0.1) is 32.9 Å². The van der Waals surface area contributed by atoms with E-state index in [1.807, 2.05) is 49.4 Å². The molecule has 0 aliphatic carbocycles. The SMILES string of the molecule is COc1ccc(C(CNC(=O)CNC(=O)c2ccccc2C)N2CCOCC2)cc1. The zero-order chi connectivity index (χ0) is 21.3. The van der Waals surface area contributed by atoms with Crippen LogP contribution in [0, 0.1) is 6.92 Å². The lowest BCUT2D eigenvalue weighted by Gasteiger charge is -2.35. The molecule has 0 spiro atoms. The van der Waals surface area contributed by atoms with Gasteiger partial charge in [0.15, 0.2) is 0 Å². The molecule has 2 aromatic rings. The Balaban J connectivity index is 1.58. The van der Waals surface area contributed by atoms with Crippen molar-refractivity contribution < 1.29 is 19.1 Å². The van der Waals surface area contributed by atoms with Gasteiger partial charge in [0.25, 0.3) is 5.91 Å². The van der Waals surface area contributed by atoms with Crippen molar-refractivity contribution in [2.45, 2.75) is 13.0 Å². The molecule has 1 unspecified atom stereocenters. The van der Waals surface area contributed by atoms with Crippen LogP contribution in [0.3, 0.4) is 0 Å². The van der Waals surface area contributed by atoms with Crippen LogP contribution in [0.2, 0.25) is 0 Å². The number of morpholine rings is 1. The first kappa shape index (κ1) is 21.8. The van der Waals surface area contributed by atoms with Gasteiger partial charge >= 0.3 is 0 Å². The van der Waals surface area contributed by atoms with E-state index >= 15 is 0 Å². The van der Waals surface area contributed by atoms with E-state index < -0.39 is 0 Å². The van der Waals surface area contributed by atoms with Gasteiger partial charge < -0.3 is 20.1 Å². The molecule has 1 heterocycles. The maximum atomic E-state index is 12.4. The van der Waals surface area contributed by atoms with Gasteiger partial charge in [-0.05, 0) is 36.2 Å². The largest absolute Gasteiger partial charge is 0.497 e. The molecule has 7 heteroatoms. The molecule has 30 heavy (non-hydrogen) atoms. The summed E-state index contributed by atoms with van der Waals surface area (Å²) in [6.07, 6.45) is 0. The molecule has 160 valence electrons.